The third-order valence-electron chi connectivity index (χ3n) is 5.03. The fourth-order valence-electron chi connectivity index (χ4n) is 3.50. The monoisotopic (exact) mass is 369 g/mol. The van der Waals surface area contributed by atoms with Gasteiger partial charge in [-0.05, 0) is 57.2 Å². The van der Waals surface area contributed by atoms with E-state index in [0.29, 0.717) is 25.1 Å². The molecule has 1 aliphatic heterocycles. The quantitative estimate of drug-likeness (QED) is 0.848. The SMILES string of the molecule is CC(C)(O)CCc1cccc(C(=O)N2CCCC(c3cc(=O)[nH]cn3)C2)c1. The van der Waals surface area contributed by atoms with Crippen molar-refractivity contribution in [3.8, 4) is 0 Å². The molecule has 1 atom stereocenters. The Bertz CT molecular complexity index is 854. The van der Waals surface area contributed by atoms with Crippen LogP contribution in [0.2, 0.25) is 0 Å². The average molecular weight is 369 g/mol. The topological polar surface area (TPSA) is 86.3 Å². The maximum absolute atomic E-state index is 13.0. The van der Waals surface area contributed by atoms with Crippen molar-refractivity contribution >= 4 is 5.91 Å². The molecule has 1 unspecified atom stereocenters. The number of piperidine rings is 1. The molecule has 2 heterocycles. The van der Waals surface area contributed by atoms with Gasteiger partial charge in [-0.3, -0.25) is 9.59 Å². The van der Waals surface area contributed by atoms with Crippen molar-refractivity contribution in [3.63, 3.8) is 0 Å². The molecule has 1 aliphatic rings. The van der Waals surface area contributed by atoms with E-state index in [0.717, 1.165) is 30.5 Å². The van der Waals surface area contributed by atoms with Crippen LogP contribution in [0.3, 0.4) is 0 Å². The van der Waals surface area contributed by atoms with Crippen LogP contribution in [-0.4, -0.2) is 44.6 Å². The molecule has 1 aromatic heterocycles. The zero-order valence-electron chi connectivity index (χ0n) is 15.9. The molecule has 1 fully saturated rings. The van der Waals surface area contributed by atoms with Crippen LogP contribution >= 0.6 is 0 Å². The highest BCUT2D eigenvalue weighted by Crippen LogP contribution is 2.26. The lowest BCUT2D eigenvalue weighted by atomic mass is 9.93. The Hall–Kier alpha value is -2.47. The molecule has 27 heavy (non-hydrogen) atoms. The highest BCUT2D eigenvalue weighted by Gasteiger charge is 2.26. The second kappa shape index (κ2) is 8.05. The zero-order valence-corrected chi connectivity index (χ0v) is 15.9. The van der Waals surface area contributed by atoms with Crippen LogP contribution in [0.4, 0.5) is 0 Å². The summed E-state index contributed by atoms with van der Waals surface area (Å²) >= 11 is 0. The predicted octanol–water partition coefficient (Wildman–Crippen LogP) is 2.49. The number of aryl methyl sites for hydroxylation is 1. The van der Waals surface area contributed by atoms with Crippen molar-refractivity contribution in [3.05, 3.63) is 63.8 Å². The van der Waals surface area contributed by atoms with Crippen LogP contribution in [0.5, 0.6) is 0 Å². The van der Waals surface area contributed by atoms with Gasteiger partial charge in [-0.15, -0.1) is 0 Å². The van der Waals surface area contributed by atoms with Crippen LogP contribution in [0.1, 0.15) is 60.6 Å². The molecule has 6 nitrogen and oxygen atoms in total. The van der Waals surface area contributed by atoms with Crippen LogP contribution < -0.4 is 5.56 Å². The maximum Gasteiger partial charge on any atom is 0.253 e. The number of carbonyl (C=O) groups is 1. The summed E-state index contributed by atoms with van der Waals surface area (Å²) in [6.07, 6.45) is 4.61. The summed E-state index contributed by atoms with van der Waals surface area (Å²) in [6.45, 7) is 4.87. The number of amides is 1. The molecule has 144 valence electrons. The van der Waals surface area contributed by atoms with Gasteiger partial charge in [-0.2, -0.15) is 0 Å². The lowest BCUT2D eigenvalue weighted by Crippen LogP contribution is -2.39. The Morgan fingerprint density at radius 2 is 2.19 bits per heavy atom. The molecule has 2 aromatic rings. The second-order valence-corrected chi connectivity index (χ2v) is 7.94. The van der Waals surface area contributed by atoms with E-state index in [-0.39, 0.29) is 17.4 Å². The second-order valence-electron chi connectivity index (χ2n) is 7.94. The zero-order chi connectivity index (χ0) is 19.4. The van der Waals surface area contributed by atoms with Crippen molar-refractivity contribution in [1.82, 2.24) is 14.9 Å². The van der Waals surface area contributed by atoms with Gasteiger partial charge in [0.15, 0.2) is 0 Å². The van der Waals surface area contributed by atoms with Gasteiger partial charge < -0.3 is 15.0 Å². The Morgan fingerprint density at radius 3 is 2.93 bits per heavy atom. The largest absolute Gasteiger partial charge is 0.390 e. The van der Waals surface area contributed by atoms with Crippen LogP contribution in [-0.2, 0) is 6.42 Å². The van der Waals surface area contributed by atoms with Crippen LogP contribution in [0.15, 0.2) is 41.5 Å². The van der Waals surface area contributed by atoms with Gasteiger partial charge in [-0.1, -0.05) is 12.1 Å². The number of aromatic amines is 1. The number of rotatable bonds is 5. The number of nitrogens with zero attached hydrogens (tertiary/aromatic N) is 2. The number of aliphatic hydroxyl groups is 1. The third-order valence-corrected chi connectivity index (χ3v) is 5.03. The van der Waals surface area contributed by atoms with E-state index in [2.05, 4.69) is 9.97 Å². The molecule has 0 saturated carbocycles. The minimum absolute atomic E-state index is 0.00893. The minimum atomic E-state index is -0.722. The number of carbonyl (C=O) groups excluding carboxylic acids is 1. The Kier molecular flexibility index (Phi) is 5.75. The lowest BCUT2D eigenvalue weighted by molar-refractivity contribution is 0.0705. The highest BCUT2D eigenvalue weighted by molar-refractivity contribution is 5.94. The Morgan fingerprint density at radius 1 is 1.37 bits per heavy atom. The summed E-state index contributed by atoms with van der Waals surface area (Å²) in [6, 6.07) is 9.17. The third kappa shape index (κ3) is 5.26. The number of likely N-dealkylation sites (tertiary alicyclic amines) is 1. The molecule has 3 rings (SSSR count). The van der Waals surface area contributed by atoms with Crippen molar-refractivity contribution < 1.29 is 9.90 Å². The molecule has 1 amide bonds. The molecule has 1 aromatic carbocycles. The van der Waals surface area contributed by atoms with E-state index >= 15 is 0 Å². The maximum atomic E-state index is 13.0. The Balaban J connectivity index is 1.70. The molecular weight excluding hydrogens is 342 g/mol. The number of aromatic nitrogens is 2. The normalized spacial score (nSPS) is 17.7. The van der Waals surface area contributed by atoms with E-state index < -0.39 is 5.60 Å². The van der Waals surface area contributed by atoms with Gasteiger partial charge in [0.1, 0.15) is 0 Å². The highest BCUT2D eigenvalue weighted by atomic mass is 16.3. The number of nitrogens with one attached hydrogen (secondary N) is 1. The standard InChI is InChI=1S/C21H27N3O3/c1-21(2,27)9-8-15-5-3-6-16(11-15)20(26)24-10-4-7-17(13-24)18-12-19(25)23-14-22-18/h3,5-6,11-12,14,17,27H,4,7-10,13H2,1-2H3,(H,22,23,25). The van der Waals surface area contributed by atoms with Crippen LogP contribution in [0.25, 0.3) is 0 Å². The van der Waals surface area contributed by atoms with E-state index in [4.69, 9.17) is 0 Å². The van der Waals surface area contributed by atoms with Crippen molar-refractivity contribution in [2.24, 2.45) is 0 Å². The summed E-state index contributed by atoms with van der Waals surface area (Å²) in [5.41, 5.74) is 1.58. The summed E-state index contributed by atoms with van der Waals surface area (Å²) in [7, 11) is 0. The fraction of sp³-hybridized carbons (Fsp3) is 0.476. The molecule has 0 aliphatic carbocycles. The molecule has 0 bridgehead atoms. The first-order valence-electron chi connectivity index (χ1n) is 9.47. The molecular formula is C21H27N3O3. The molecule has 2 N–H and O–H groups in total. The van der Waals surface area contributed by atoms with Gasteiger partial charge in [0, 0.05) is 30.6 Å². The van der Waals surface area contributed by atoms with Crippen molar-refractivity contribution in [2.75, 3.05) is 13.1 Å². The van der Waals surface area contributed by atoms with Gasteiger partial charge >= 0.3 is 0 Å². The predicted molar refractivity (Wildman–Crippen MR) is 104 cm³/mol. The van der Waals surface area contributed by atoms with E-state index in [1.54, 1.807) is 13.8 Å². The van der Waals surface area contributed by atoms with Crippen molar-refractivity contribution in [2.45, 2.75) is 51.0 Å². The van der Waals surface area contributed by atoms with Gasteiger partial charge in [0.05, 0.1) is 17.6 Å². The molecule has 0 spiro atoms. The fourth-order valence-corrected chi connectivity index (χ4v) is 3.50. The first-order valence-corrected chi connectivity index (χ1v) is 9.47. The van der Waals surface area contributed by atoms with Gasteiger partial charge in [0.25, 0.3) is 11.5 Å². The molecule has 1 saturated heterocycles. The summed E-state index contributed by atoms with van der Waals surface area (Å²) < 4.78 is 0. The van der Waals surface area contributed by atoms with E-state index in [9.17, 15) is 14.7 Å². The number of H-pyrrole nitrogens is 1. The molecule has 0 radical (unpaired) electrons. The number of hydrogen-bond donors (Lipinski definition) is 2. The van der Waals surface area contributed by atoms with Crippen molar-refractivity contribution in [1.29, 1.82) is 0 Å². The number of hydrogen-bond acceptors (Lipinski definition) is 4. The van der Waals surface area contributed by atoms with Gasteiger partial charge in [-0.25, -0.2) is 4.98 Å². The van der Waals surface area contributed by atoms with Crippen LogP contribution in [0, 0.1) is 0 Å². The summed E-state index contributed by atoms with van der Waals surface area (Å²) in [4.78, 5) is 33.2. The smallest absolute Gasteiger partial charge is 0.253 e. The summed E-state index contributed by atoms with van der Waals surface area (Å²) in [5.74, 6) is 0.0954. The van der Waals surface area contributed by atoms with Gasteiger partial charge in [0.2, 0.25) is 0 Å². The Labute approximate surface area is 159 Å². The van der Waals surface area contributed by atoms with E-state index in [1.165, 1.54) is 12.4 Å². The first kappa shape index (κ1) is 19.3. The van der Waals surface area contributed by atoms with E-state index in [1.807, 2.05) is 29.2 Å². The lowest BCUT2D eigenvalue weighted by Gasteiger charge is -2.32. The number of benzene rings is 1. The summed E-state index contributed by atoms with van der Waals surface area (Å²) in [5, 5.41) is 9.91. The minimum Gasteiger partial charge on any atom is -0.390 e. The average Bonchev–Trinajstić information content (AvgIpc) is 2.65. The molecule has 6 heteroatoms. The first-order chi connectivity index (χ1) is 12.8.